The molecular weight excluding hydrogens is 236 g/mol. The highest BCUT2D eigenvalue weighted by molar-refractivity contribution is 6.30. The number of halogens is 1. The molecule has 0 radical (unpaired) electrons. The number of hydrogen-bond acceptors (Lipinski definition) is 2. The summed E-state index contributed by atoms with van der Waals surface area (Å²) >= 11 is 5.93. The summed E-state index contributed by atoms with van der Waals surface area (Å²) in [6.07, 6.45) is 4.21. The van der Waals surface area contributed by atoms with Gasteiger partial charge in [-0.05, 0) is 42.2 Å². The van der Waals surface area contributed by atoms with Gasteiger partial charge in [0.1, 0.15) is 5.76 Å². The highest BCUT2D eigenvalue weighted by Gasteiger charge is 2.02. The molecule has 1 aromatic heterocycles. The van der Waals surface area contributed by atoms with Crippen LogP contribution in [-0.4, -0.2) is 11.7 Å². The molecule has 0 spiro atoms. The minimum Gasteiger partial charge on any atom is -0.469 e. The Balaban J connectivity index is 1.93. The normalized spacial score (nSPS) is 10.7. The van der Waals surface area contributed by atoms with Gasteiger partial charge in [0.05, 0.1) is 12.9 Å². The molecule has 0 aliphatic rings. The Kier molecular flexibility index (Phi) is 4.24. The van der Waals surface area contributed by atoms with Crippen LogP contribution in [0.2, 0.25) is 5.02 Å². The van der Waals surface area contributed by atoms with Gasteiger partial charge in [0.15, 0.2) is 0 Å². The lowest BCUT2D eigenvalue weighted by atomic mass is 10.1. The Labute approximate surface area is 106 Å². The van der Waals surface area contributed by atoms with E-state index in [4.69, 9.17) is 21.1 Å². The van der Waals surface area contributed by atoms with Gasteiger partial charge < -0.3 is 9.52 Å². The van der Waals surface area contributed by atoms with Crippen molar-refractivity contribution in [3.05, 3.63) is 58.5 Å². The second kappa shape index (κ2) is 5.89. The Hall–Kier alpha value is -1.25. The number of aryl methyl sites for hydroxylation is 2. The molecule has 0 saturated heterocycles. The van der Waals surface area contributed by atoms with Crippen LogP contribution in [0.25, 0.3) is 0 Å². The van der Waals surface area contributed by atoms with Crippen LogP contribution < -0.4 is 0 Å². The molecule has 17 heavy (non-hydrogen) atoms. The number of hydrogen-bond donors (Lipinski definition) is 1. The highest BCUT2D eigenvalue weighted by atomic mass is 35.5. The van der Waals surface area contributed by atoms with Crippen molar-refractivity contribution in [1.29, 1.82) is 0 Å². The zero-order chi connectivity index (χ0) is 12.1. The van der Waals surface area contributed by atoms with Gasteiger partial charge in [-0.3, -0.25) is 0 Å². The SMILES string of the molecule is OCCc1cc(CCc2cccc(Cl)c2)co1. The van der Waals surface area contributed by atoms with Crippen molar-refractivity contribution < 1.29 is 9.52 Å². The van der Waals surface area contributed by atoms with Crippen molar-refractivity contribution in [3.63, 3.8) is 0 Å². The van der Waals surface area contributed by atoms with Crippen LogP contribution in [0.5, 0.6) is 0 Å². The third-order valence-corrected chi connectivity index (χ3v) is 2.89. The summed E-state index contributed by atoms with van der Waals surface area (Å²) in [6.45, 7) is 0.126. The van der Waals surface area contributed by atoms with Crippen molar-refractivity contribution in [2.45, 2.75) is 19.3 Å². The van der Waals surface area contributed by atoms with E-state index in [1.54, 1.807) is 6.26 Å². The average molecular weight is 251 g/mol. The zero-order valence-electron chi connectivity index (χ0n) is 9.53. The van der Waals surface area contributed by atoms with E-state index in [0.29, 0.717) is 6.42 Å². The van der Waals surface area contributed by atoms with Crippen molar-refractivity contribution in [2.24, 2.45) is 0 Å². The van der Waals surface area contributed by atoms with Gasteiger partial charge in [-0.15, -0.1) is 0 Å². The van der Waals surface area contributed by atoms with E-state index in [1.807, 2.05) is 24.3 Å². The number of aliphatic hydroxyl groups is 1. The molecule has 3 heteroatoms. The molecule has 0 aliphatic heterocycles. The number of rotatable bonds is 5. The van der Waals surface area contributed by atoms with E-state index in [9.17, 15) is 0 Å². The smallest absolute Gasteiger partial charge is 0.106 e. The van der Waals surface area contributed by atoms with Gasteiger partial charge in [-0.2, -0.15) is 0 Å². The molecule has 0 amide bonds. The topological polar surface area (TPSA) is 33.4 Å². The number of aliphatic hydroxyl groups excluding tert-OH is 1. The average Bonchev–Trinajstić information content (AvgIpc) is 2.75. The summed E-state index contributed by atoms with van der Waals surface area (Å²) in [5.41, 5.74) is 2.39. The Bertz CT molecular complexity index is 477. The van der Waals surface area contributed by atoms with Crippen molar-refractivity contribution in [3.8, 4) is 0 Å². The standard InChI is InChI=1S/C14H15ClO2/c15-13-3-1-2-11(8-13)4-5-12-9-14(6-7-16)17-10-12/h1-3,8-10,16H,4-7H2. The quantitative estimate of drug-likeness (QED) is 0.884. The first-order chi connectivity index (χ1) is 8.28. The van der Waals surface area contributed by atoms with Crippen LogP contribution in [0, 0.1) is 0 Å². The number of benzene rings is 1. The van der Waals surface area contributed by atoms with Crippen LogP contribution >= 0.6 is 11.6 Å². The maximum atomic E-state index is 8.79. The minimum atomic E-state index is 0.126. The fourth-order valence-electron chi connectivity index (χ4n) is 1.78. The molecule has 0 bridgehead atoms. The second-order valence-electron chi connectivity index (χ2n) is 4.02. The molecule has 90 valence electrons. The highest BCUT2D eigenvalue weighted by Crippen LogP contribution is 2.15. The first-order valence-corrected chi connectivity index (χ1v) is 6.07. The molecule has 0 atom stereocenters. The molecule has 2 nitrogen and oxygen atoms in total. The van der Waals surface area contributed by atoms with Crippen LogP contribution in [-0.2, 0) is 19.3 Å². The maximum absolute atomic E-state index is 8.79. The largest absolute Gasteiger partial charge is 0.469 e. The number of furan rings is 1. The molecule has 1 heterocycles. The lowest BCUT2D eigenvalue weighted by molar-refractivity contribution is 0.288. The maximum Gasteiger partial charge on any atom is 0.106 e. The minimum absolute atomic E-state index is 0.126. The van der Waals surface area contributed by atoms with E-state index in [0.717, 1.165) is 29.2 Å². The predicted octanol–water partition coefficient (Wildman–Crippen LogP) is 3.25. The lowest BCUT2D eigenvalue weighted by Gasteiger charge is -1.99. The molecule has 0 aliphatic carbocycles. The molecule has 1 N–H and O–H groups in total. The van der Waals surface area contributed by atoms with E-state index >= 15 is 0 Å². The monoisotopic (exact) mass is 250 g/mol. The molecule has 0 unspecified atom stereocenters. The van der Waals surface area contributed by atoms with Gasteiger partial charge in [-0.25, -0.2) is 0 Å². The van der Waals surface area contributed by atoms with Crippen LogP contribution in [0.3, 0.4) is 0 Å². The van der Waals surface area contributed by atoms with Gasteiger partial charge in [0.2, 0.25) is 0 Å². The predicted molar refractivity (Wildman–Crippen MR) is 68.4 cm³/mol. The summed E-state index contributed by atoms with van der Waals surface area (Å²) in [6, 6.07) is 9.89. The van der Waals surface area contributed by atoms with Crippen molar-refractivity contribution >= 4 is 11.6 Å². The summed E-state index contributed by atoms with van der Waals surface area (Å²) in [5, 5.41) is 9.57. The molecule has 2 rings (SSSR count). The van der Waals surface area contributed by atoms with E-state index < -0.39 is 0 Å². The first kappa shape index (κ1) is 12.2. The third-order valence-electron chi connectivity index (χ3n) is 2.66. The fraction of sp³-hybridized carbons (Fsp3) is 0.286. The molecule has 2 aromatic rings. The van der Waals surface area contributed by atoms with Crippen LogP contribution in [0.15, 0.2) is 41.0 Å². The Morgan fingerprint density at radius 1 is 1.06 bits per heavy atom. The van der Waals surface area contributed by atoms with E-state index in [-0.39, 0.29) is 6.61 Å². The van der Waals surface area contributed by atoms with E-state index in [2.05, 4.69) is 6.07 Å². The zero-order valence-corrected chi connectivity index (χ0v) is 10.3. The van der Waals surface area contributed by atoms with Crippen LogP contribution in [0.1, 0.15) is 16.9 Å². The lowest BCUT2D eigenvalue weighted by Crippen LogP contribution is -1.90. The van der Waals surface area contributed by atoms with Gasteiger partial charge >= 0.3 is 0 Å². The van der Waals surface area contributed by atoms with Crippen molar-refractivity contribution in [1.82, 2.24) is 0 Å². The summed E-state index contributed by atoms with van der Waals surface area (Å²) in [4.78, 5) is 0. The third kappa shape index (κ3) is 3.62. The summed E-state index contributed by atoms with van der Waals surface area (Å²) in [7, 11) is 0. The summed E-state index contributed by atoms with van der Waals surface area (Å²) < 4.78 is 5.33. The Morgan fingerprint density at radius 2 is 1.88 bits per heavy atom. The van der Waals surface area contributed by atoms with Gasteiger partial charge in [-0.1, -0.05) is 23.7 Å². The van der Waals surface area contributed by atoms with Crippen LogP contribution in [0.4, 0.5) is 0 Å². The molecular formula is C14H15ClO2. The van der Waals surface area contributed by atoms with Crippen molar-refractivity contribution in [2.75, 3.05) is 6.61 Å². The van der Waals surface area contributed by atoms with Gasteiger partial charge in [0, 0.05) is 11.4 Å². The molecule has 0 fully saturated rings. The fourth-order valence-corrected chi connectivity index (χ4v) is 1.99. The Morgan fingerprint density at radius 3 is 2.65 bits per heavy atom. The van der Waals surface area contributed by atoms with E-state index in [1.165, 1.54) is 5.56 Å². The van der Waals surface area contributed by atoms with Gasteiger partial charge in [0.25, 0.3) is 0 Å². The first-order valence-electron chi connectivity index (χ1n) is 5.69. The molecule has 0 saturated carbocycles. The molecule has 1 aromatic carbocycles. The summed E-state index contributed by atoms with van der Waals surface area (Å²) in [5.74, 6) is 0.841. The second-order valence-corrected chi connectivity index (χ2v) is 4.46.